The molecule has 0 radical (unpaired) electrons. The maximum Gasteiger partial charge on any atom is 0.328 e. The van der Waals surface area contributed by atoms with Crippen LogP contribution >= 0.6 is 0 Å². The van der Waals surface area contributed by atoms with E-state index in [1.54, 1.807) is 24.3 Å². The van der Waals surface area contributed by atoms with Crippen LogP contribution in [0.15, 0.2) is 54.6 Å². The fraction of sp³-hybridized carbons (Fsp3) is 0.286. The molecule has 0 aromatic heterocycles. The zero-order valence-electron chi connectivity index (χ0n) is 15.4. The Hall–Kier alpha value is -3.15. The Morgan fingerprint density at radius 2 is 1.52 bits per heavy atom. The van der Waals surface area contributed by atoms with E-state index in [4.69, 9.17) is 4.74 Å². The molecule has 0 spiro atoms. The van der Waals surface area contributed by atoms with Crippen molar-refractivity contribution in [2.24, 2.45) is 0 Å². The SMILES string of the molecule is COC(=O)CCc1ccc(C[C@H](NC(=O)c2ccccc2)C(=O)OC)cc1. The Bertz CT molecular complexity index is 771. The highest BCUT2D eigenvalue weighted by Crippen LogP contribution is 2.11. The Morgan fingerprint density at radius 3 is 2.11 bits per heavy atom. The first kappa shape index (κ1) is 20.2. The van der Waals surface area contributed by atoms with Gasteiger partial charge < -0.3 is 14.8 Å². The number of hydrogen-bond donors (Lipinski definition) is 1. The summed E-state index contributed by atoms with van der Waals surface area (Å²) in [5, 5.41) is 2.72. The average molecular weight is 369 g/mol. The minimum absolute atomic E-state index is 0.256. The number of esters is 2. The van der Waals surface area contributed by atoms with Crippen molar-refractivity contribution in [1.29, 1.82) is 0 Å². The van der Waals surface area contributed by atoms with Crippen molar-refractivity contribution in [3.05, 3.63) is 71.3 Å². The maximum atomic E-state index is 12.3. The molecule has 0 bridgehead atoms. The van der Waals surface area contributed by atoms with E-state index in [0.717, 1.165) is 11.1 Å². The normalized spacial score (nSPS) is 11.3. The van der Waals surface area contributed by atoms with Crippen molar-refractivity contribution in [2.45, 2.75) is 25.3 Å². The lowest BCUT2D eigenvalue weighted by Crippen LogP contribution is -2.43. The van der Waals surface area contributed by atoms with Gasteiger partial charge in [0, 0.05) is 18.4 Å². The molecule has 0 heterocycles. The smallest absolute Gasteiger partial charge is 0.328 e. The van der Waals surface area contributed by atoms with E-state index in [1.807, 2.05) is 30.3 Å². The maximum absolute atomic E-state index is 12.3. The van der Waals surface area contributed by atoms with Crippen LogP contribution in [-0.4, -0.2) is 38.1 Å². The van der Waals surface area contributed by atoms with Crippen molar-refractivity contribution >= 4 is 17.8 Å². The third-order valence-electron chi connectivity index (χ3n) is 4.14. The summed E-state index contributed by atoms with van der Waals surface area (Å²) < 4.78 is 9.45. The molecule has 1 amide bonds. The van der Waals surface area contributed by atoms with Gasteiger partial charge in [0.2, 0.25) is 0 Å². The van der Waals surface area contributed by atoms with Gasteiger partial charge >= 0.3 is 11.9 Å². The summed E-state index contributed by atoms with van der Waals surface area (Å²) in [5.74, 6) is -1.09. The molecule has 0 aliphatic heterocycles. The second-order valence-corrected chi connectivity index (χ2v) is 6.01. The van der Waals surface area contributed by atoms with Gasteiger partial charge in [-0.25, -0.2) is 4.79 Å². The van der Waals surface area contributed by atoms with Crippen LogP contribution in [-0.2, 0) is 31.9 Å². The van der Waals surface area contributed by atoms with Crippen LogP contribution in [0.2, 0.25) is 0 Å². The Labute approximate surface area is 158 Å². The molecule has 0 saturated carbocycles. The number of amides is 1. The first-order valence-corrected chi connectivity index (χ1v) is 8.62. The van der Waals surface area contributed by atoms with Crippen molar-refractivity contribution < 1.29 is 23.9 Å². The van der Waals surface area contributed by atoms with Gasteiger partial charge in [-0.05, 0) is 29.7 Å². The Balaban J connectivity index is 2.02. The summed E-state index contributed by atoms with van der Waals surface area (Å²) in [6, 6.07) is 15.4. The van der Waals surface area contributed by atoms with Crippen molar-refractivity contribution in [3.8, 4) is 0 Å². The summed E-state index contributed by atoms with van der Waals surface area (Å²) in [5.41, 5.74) is 2.34. The minimum Gasteiger partial charge on any atom is -0.469 e. The number of carbonyl (C=O) groups excluding carboxylic acids is 3. The van der Waals surface area contributed by atoms with Gasteiger partial charge in [0.1, 0.15) is 6.04 Å². The molecule has 2 aromatic rings. The Morgan fingerprint density at radius 1 is 0.889 bits per heavy atom. The summed E-state index contributed by atoms with van der Waals surface area (Å²) in [6.45, 7) is 0. The first-order valence-electron chi connectivity index (χ1n) is 8.62. The zero-order chi connectivity index (χ0) is 19.6. The quantitative estimate of drug-likeness (QED) is 0.722. The molecule has 0 fully saturated rings. The fourth-order valence-corrected chi connectivity index (χ4v) is 2.59. The van der Waals surface area contributed by atoms with Crippen LogP contribution in [0, 0.1) is 0 Å². The van der Waals surface area contributed by atoms with E-state index in [1.165, 1.54) is 14.2 Å². The third-order valence-corrected chi connectivity index (χ3v) is 4.14. The molecule has 2 aromatic carbocycles. The highest BCUT2D eigenvalue weighted by molar-refractivity contribution is 5.96. The number of aryl methyl sites for hydroxylation is 1. The fourth-order valence-electron chi connectivity index (χ4n) is 2.59. The highest BCUT2D eigenvalue weighted by Gasteiger charge is 2.22. The lowest BCUT2D eigenvalue weighted by Gasteiger charge is -2.17. The number of rotatable bonds is 8. The summed E-state index contributed by atoms with van der Waals surface area (Å²) >= 11 is 0. The summed E-state index contributed by atoms with van der Waals surface area (Å²) in [6.07, 6.45) is 1.20. The van der Waals surface area contributed by atoms with Crippen LogP contribution in [0.4, 0.5) is 0 Å². The third kappa shape index (κ3) is 6.26. The van der Waals surface area contributed by atoms with E-state index in [9.17, 15) is 14.4 Å². The van der Waals surface area contributed by atoms with Crippen LogP contribution in [0.5, 0.6) is 0 Å². The van der Waals surface area contributed by atoms with Gasteiger partial charge in [-0.15, -0.1) is 0 Å². The molecular weight excluding hydrogens is 346 g/mol. The number of nitrogens with one attached hydrogen (secondary N) is 1. The van der Waals surface area contributed by atoms with Crippen LogP contribution in [0.25, 0.3) is 0 Å². The van der Waals surface area contributed by atoms with Crippen molar-refractivity contribution in [3.63, 3.8) is 0 Å². The molecule has 27 heavy (non-hydrogen) atoms. The number of methoxy groups -OCH3 is 2. The van der Waals surface area contributed by atoms with E-state index >= 15 is 0 Å². The molecule has 0 unspecified atom stereocenters. The lowest BCUT2D eigenvalue weighted by molar-refractivity contribution is -0.143. The van der Waals surface area contributed by atoms with Gasteiger partial charge in [-0.3, -0.25) is 9.59 Å². The minimum atomic E-state index is -0.788. The van der Waals surface area contributed by atoms with Crippen LogP contribution in [0.3, 0.4) is 0 Å². The summed E-state index contributed by atoms with van der Waals surface area (Å²) in [7, 11) is 2.65. The first-order chi connectivity index (χ1) is 13.0. The molecule has 0 aliphatic rings. The lowest BCUT2D eigenvalue weighted by atomic mass is 10.0. The van der Waals surface area contributed by atoms with Gasteiger partial charge in [-0.2, -0.15) is 0 Å². The average Bonchev–Trinajstić information content (AvgIpc) is 2.72. The van der Waals surface area contributed by atoms with Gasteiger partial charge in [0.05, 0.1) is 14.2 Å². The second kappa shape index (κ2) is 10.1. The van der Waals surface area contributed by atoms with Gasteiger partial charge in [0.15, 0.2) is 0 Å². The summed E-state index contributed by atoms with van der Waals surface area (Å²) in [4.78, 5) is 35.6. The molecule has 1 N–H and O–H groups in total. The molecule has 6 heteroatoms. The van der Waals surface area contributed by atoms with Crippen LogP contribution in [0.1, 0.15) is 27.9 Å². The van der Waals surface area contributed by atoms with Gasteiger partial charge in [0.25, 0.3) is 5.91 Å². The monoisotopic (exact) mass is 369 g/mol. The standard InChI is InChI=1S/C21H23NO5/c1-26-19(23)13-12-15-8-10-16(11-9-15)14-18(21(25)27-2)22-20(24)17-6-4-3-5-7-17/h3-11,18H,12-14H2,1-2H3,(H,22,24)/t18-/m0/s1. The predicted octanol–water partition coefficient (Wildman–Crippen LogP) is 2.31. The number of hydrogen-bond acceptors (Lipinski definition) is 5. The number of benzene rings is 2. The Kier molecular flexibility index (Phi) is 7.55. The number of ether oxygens (including phenoxy) is 2. The molecule has 0 aliphatic carbocycles. The topological polar surface area (TPSA) is 81.7 Å². The van der Waals surface area contributed by atoms with Gasteiger partial charge in [-0.1, -0.05) is 42.5 Å². The molecule has 1 atom stereocenters. The van der Waals surface area contributed by atoms with Crippen LogP contribution < -0.4 is 5.32 Å². The van der Waals surface area contributed by atoms with Crippen molar-refractivity contribution in [1.82, 2.24) is 5.32 Å². The molecule has 142 valence electrons. The van der Waals surface area contributed by atoms with E-state index in [0.29, 0.717) is 24.8 Å². The highest BCUT2D eigenvalue weighted by atomic mass is 16.5. The zero-order valence-corrected chi connectivity index (χ0v) is 15.4. The van der Waals surface area contributed by atoms with E-state index in [2.05, 4.69) is 10.1 Å². The van der Waals surface area contributed by atoms with Crippen molar-refractivity contribution in [2.75, 3.05) is 14.2 Å². The molecule has 0 saturated heterocycles. The molecular formula is C21H23NO5. The second-order valence-electron chi connectivity index (χ2n) is 6.01. The predicted molar refractivity (Wildman–Crippen MR) is 100 cm³/mol. The van der Waals surface area contributed by atoms with E-state index in [-0.39, 0.29) is 11.9 Å². The number of carbonyl (C=O) groups is 3. The molecule has 2 rings (SSSR count). The molecule has 6 nitrogen and oxygen atoms in total. The largest absolute Gasteiger partial charge is 0.469 e. The van der Waals surface area contributed by atoms with E-state index < -0.39 is 12.0 Å².